The van der Waals surface area contributed by atoms with Gasteiger partial charge in [0, 0.05) is 21.6 Å². The summed E-state index contributed by atoms with van der Waals surface area (Å²) in [7, 11) is 0. The Morgan fingerprint density at radius 2 is 1.96 bits per heavy atom. The zero-order valence-electron chi connectivity index (χ0n) is 15.3. The minimum absolute atomic E-state index is 0.00307. The first kappa shape index (κ1) is 17.9. The number of anilines is 1. The van der Waals surface area contributed by atoms with E-state index in [1.54, 1.807) is 11.3 Å². The van der Waals surface area contributed by atoms with Gasteiger partial charge in [-0.05, 0) is 74.6 Å². The molecule has 0 radical (unpaired) electrons. The van der Waals surface area contributed by atoms with Gasteiger partial charge in [-0.15, -0.1) is 11.3 Å². The van der Waals surface area contributed by atoms with Crippen molar-refractivity contribution in [3.63, 3.8) is 0 Å². The summed E-state index contributed by atoms with van der Waals surface area (Å²) in [5.74, 6) is 0.865. The maximum Gasteiger partial charge on any atom is 0.174 e. The molecule has 0 aliphatic carbocycles. The van der Waals surface area contributed by atoms with Gasteiger partial charge in [0.15, 0.2) is 5.11 Å². The highest BCUT2D eigenvalue weighted by Crippen LogP contribution is 2.43. The lowest BCUT2D eigenvalue weighted by atomic mass is 10.0. The van der Waals surface area contributed by atoms with E-state index in [9.17, 15) is 0 Å². The molecule has 6 heteroatoms. The zero-order valence-corrected chi connectivity index (χ0v) is 16.9. The van der Waals surface area contributed by atoms with Crippen molar-refractivity contribution in [2.24, 2.45) is 0 Å². The molecule has 27 heavy (non-hydrogen) atoms. The molecule has 0 unspecified atom stereocenters. The first-order chi connectivity index (χ1) is 13.2. The number of aryl methyl sites for hydroxylation is 1. The number of thiocarbonyl (C=S) groups is 1. The molecule has 3 aromatic rings. The number of nitrogens with zero attached hydrogens (tertiary/aromatic N) is 2. The number of thiophene rings is 1. The molecule has 1 aromatic carbocycles. The predicted molar refractivity (Wildman–Crippen MR) is 115 cm³/mol. The topological polar surface area (TPSA) is 37.4 Å². The minimum atomic E-state index is 0.00307. The lowest BCUT2D eigenvalue weighted by molar-refractivity contribution is 0.340. The summed E-state index contributed by atoms with van der Waals surface area (Å²) in [5.41, 5.74) is 2.04. The molecule has 1 fully saturated rings. The summed E-state index contributed by atoms with van der Waals surface area (Å²) in [4.78, 5) is 9.32. The fraction of sp³-hybridized carbons (Fsp3) is 0.238. The number of nitrogens with one attached hydrogen (secondary N) is 1. The second kappa shape index (κ2) is 7.66. The van der Waals surface area contributed by atoms with Crippen LogP contribution in [0.25, 0.3) is 0 Å². The molecule has 4 nitrogen and oxygen atoms in total. The van der Waals surface area contributed by atoms with Crippen LogP contribution in [0.1, 0.15) is 34.5 Å². The standard InChI is InChI=1S/C21H21N3OS2/c1-3-25-16-10-8-15(9-11-16)24-20(18-12-7-14(2)27-18)19(23-21(24)26)17-6-4-5-13-22-17/h4-13,19-20H,3H2,1-2H3,(H,23,26)/t19-,20+/m0/s1. The van der Waals surface area contributed by atoms with Gasteiger partial charge in [0.1, 0.15) is 5.75 Å². The van der Waals surface area contributed by atoms with E-state index in [1.165, 1.54) is 9.75 Å². The molecule has 2 atom stereocenters. The number of benzene rings is 1. The monoisotopic (exact) mass is 395 g/mol. The van der Waals surface area contributed by atoms with Gasteiger partial charge in [-0.3, -0.25) is 4.98 Å². The average Bonchev–Trinajstić information content (AvgIpc) is 3.26. The molecule has 0 saturated carbocycles. The molecular weight excluding hydrogens is 374 g/mol. The second-order valence-corrected chi connectivity index (χ2v) is 8.08. The quantitative estimate of drug-likeness (QED) is 0.614. The van der Waals surface area contributed by atoms with E-state index in [-0.39, 0.29) is 12.1 Å². The van der Waals surface area contributed by atoms with Crippen LogP contribution in [0.5, 0.6) is 5.75 Å². The highest BCUT2D eigenvalue weighted by atomic mass is 32.1. The third kappa shape index (κ3) is 3.55. The van der Waals surface area contributed by atoms with Gasteiger partial charge in [0.05, 0.1) is 24.4 Å². The van der Waals surface area contributed by atoms with E-state index in [1.807, 2.05) is 37.4 Å². The van der Waals surface area contributed by atoms with Gasteiger partial charge in [-0.1, -0.05) is 6.07 Å². The maximum absolute atomic E-state index is 5.73. The summed E-state index contributed by atoms with van der Waals surface area (Å²) in [5, 5.41) is 4.20. The van der Waals surface area contributed by atoms with Crippen molar-refractivity contribution in [3.05, 3.63) is 76.2 Å². The largest absolute Gasteiger partial charge is 0.494 e. The van der Waals surface area contributed by atoms with Crippen molar-refractivity contribution in [1.82, 2.24) is 10.3 Å². The number of ether oxygens (including phenoxy) is 1. The number of pyridine rings is 1. The molecule has 0 bridgehead atoms. The van der Waals surface area contributed by atoms with Gasteiger partial charge in [0.2, 0.25) is 0 Å². The summed E-state index contributed by atoms with van der Waals surface area (Å²) in [6.45, 7) is 4.77. The molecule has 0 spiro atoms. The average molecular weight is 396 g/mol. The summed E-state index contributed by atoms with van der Waals surface area (Å²) >= 11 is 7.53. The molecule has 1 N–H and O–H groups in total. The molecule has 1 aliphatic rings. The molecular formula is C21H21N3OS2. The normalized spacial score (nSPS) is 19.2. The molecule has 3 heterocycles. The number of rotatable bonds is 5. The van der Waals surface area contributed by atoms with Crippen LogP contribution in [0, 0.1) is 6.92 Å². The van der Waals surface area contributed by atoms with Gasteiger partial charge in [-0.25, -0.2) is 0 Å². The van der Waals surface area contributed by atoms with Crippen LogP contribution in [0.4, 0.5) is 5.69 Å². The Bertz CT molecular complexity index is 924. The van der Waals surface area contributed by atoms with Crippen LogP contribution in [-0.2, 0) is 0 Å². The molecule has 138 valence electrons. The van der Waals surface area contributed by atoms with Crippen molar-refractivity contribution < 1.29 is 4.74 Å². The third-order valence-corrected chi connectivity index (χ3v) is 5.96. The fourth-order valence-corrected chi connectivity index (χ4v) is 4.76. The number of hydrogen-bond acceptors (Lipinski definition) is 4. The highest BCUT2D eigenvalue weighted by Gasteiger charge is 2.41. The van der Waals surface area contributed by atoms with Gasteiger partial charge < -0.3 is 15.0 Å². The van der Waals surface area contributed by atoms with Gasteiger partial charge >= 0.3 is 0 Å². The molecule has 1 aliphatic heterocycles. The maximum atomic E-state index is 5.73. The van der Waals surface area contributed by atoms with Crippen LogP contribution < -0.4 is 15.0 Å². The fourth-order valence-electron chi connectivity index (χ4n) is 3.40. The van der Waals surface area contributed by atoms with E-state index in [2.05, 4.69) is 52.5 Å². The summed E-state index contributed by atoms with van der Waals surface area (Å²) in [6.07, 6.45) is 1.83. The van der Waals surface area contributed by atoms with E-state index in [0.717, 1.165) is 17.1 Å². The summed E-state index contributed by atoms with van der Waals surface area (Å²) in [6, 6.07) is 18.5. The Labute approximate surface area is 168 Å². The molecule has 2 aromatic heterocycles. The second-order valence-electron chi connectivity index (χ2n) is 6.37. The first-order valence-electron chi connectivity index (χ1n) is 8.97. The Morgan fingerprint density at radius 3 is 2.59 bits per heavy atom. The van der Waals surface area contributed by atoms with Crippen molar-refractivity contribution in [1.29, 1.82) is 0 Å². The first-order valence-corrected chi connectivity index (χ1v) is 10.2. The smallest absolute Gasteiger partial charge is 0.174 e. The Balaban J connectivity index is 1.75. The van der Waals surface area contributed by atoms with Crippen LogP contribution in [0.3, 0.4) is 0 Å². The predicted octanol–water partition coefficient (Wildman–Crippen LogP) is 5.03. The highest BCUT2D eigenvalue weighted by molar-refractivity contribution is 7.80. The van der Waals surface area contributed by atoms with Crippen molar-refractivity contribution in [3.8, 4) is 5.75 Å². The van der Waals surface area contributed by atoms with Crippen LogP contribution in [-0.4, -0.2) is 16.7 Å². The molecule has 0 amide bonds. The van der Waals surface area contributed by atoms with Gasteiger partial charge in [-0.2, -0.15) is 0 Å². The minimum Gasteiger partial charge on any atom is -0.494 e. The SMILES string of the molecule is CCOc1ccc(N2C(=S)N[C@@H](c3ccccn3)[C@H]2c2ccc(C)s2)cc1. The summed E-state index contributed by atoms with van der Waals surface area (Å²) < 4.78 is 5.58. The van der Waals surface area contributed by atoms with Crippen LogP contribution >= 0.6 is 23.6 Å². The van der Waals surface area contributed by atoms with Crippen LogP contribution in [0.2, 0.25) is 0 Å². The van der Waals surface area contributed by atoms with Crippen molar-refractivity contribution in [2.45, 2.75) is 25.9 Å². The lowest BCUT2D eigenvalue weighted by Gasteiger charge is -2.27. The Hall–Kier alpha value is -2.44. The van der Waals surface area contributed by atoms with E-state index in [0.29, 0.717) is 11.7 Å². The van der Waals surface area contributed by atoms with Crippen molar-refractivity contribution >= 4 is 34.4 Å². The van der Waals surface area contributed by atoms with E-state index in [4.69, 9.17) is 17.0 Å². The van der Waals surface area contributed by atoms with E-state index < -0.39 is 0 Å². The van der Waals surface area contributed by atoms with Gasteiger partial charge in [0.25, 0.3) is 0 Å². The lowest BCUT2D eigenvalue weighted by Crippen LogP contribution is -2.29. The molecule has 1 saturated heterocycles. The van der Waals surface area contributed by atoms with E-state index >= 15 is 0 Å². The Morgan fingerprint density at radius 1 is 1.15 bits per heavy atom. The number of hydrogen-bond donors (Lipinski definition) is 1. The third-order valence-electron chi connectivity index (χ3n) is 4.58. The zero-order chi connectivity index (χ0) is 18.8. The Kier molecular flexibility index (Phi) is 5.09. The van der Waals surface area contributed by atoms with Crippen LogP contribution in [0.15, 0.2) is 60.8 Å². The molecule has 4 rings (SSSR count). The number of aromatic nitrogens is 1. The van der Waals surface area contributed by atoms with Crippen molar-refractivity contribution in [2.75, 3.05) is 11.5 Å².